The maximum atomic E-state index is 2.51. The van der Waals surface area contributed by atoms with Crippen molar-refractivity contribution in [3.05, 3.63) is 267 Å². The molecule has 0 bridgehead atoms. The molecular weight excluding hydrogens is 897 g/mol. The summed E-state index contributed by atoms with van der Waals surface area (Å²) in [4.78, 5) is 2.51. The molecule has 4 heterocycles. The molecular formula is C70H44N4. The Morgan fingerprint density at radius 1 is 0.203 bits per heavy atom. The zero-order valence-corrected chi connectivity index (χ0v) is 40.2. The van der Waals surface area contributed by atoms with Crippen LogP contribution in [0.1, 0.15) is 0 Å². The number of aromatic nitrogens is 3. The lowest BCUT2D eigenvalue weighted by Crippen LogP contribution is -2.15. The molecule has 0 unspecified atom stereocenters. The summed E-state index contributed by atoms with van der Waals surface area (Å²) in [5.41, 5.74) is 21.2. The maximum Gasteiger partial charge on any atom is 0.0562 e. The number of para-hydroxylation sites is 4. The van der Waals surface area contributed by atoms with Crippen LogP contribution in [0, 0.1) is 0 Å². The van der Waals surface area contributed by atoms with Crippen molar-refractivity contribution in [2.75, 3.05) is 4.90 Å². The van der Waals surface area contributed by atoms with Crippen molar-refractivity contribution < 1.29 is 0 Å². The summed E-state index contributed by atoms with van der Waals surface area (Å²) in [5, 5.41) is 9.94. The topological polar surface area (TPSA) is 18.0 Å². The summed E-state index contributed by atoms with van der Waals surface area (Å²) in [6.45, 7) is 0. The molecule has 1 aliphatic rings. The van der Waals surface area contributed by atoms with Gasteiger partial charge in [-0.1, -0.05) is 164 Å². The van der Waals surface area contributed by atoms with Gasteiger partial charge in [-0.2, -0.15) is 0 Å². The Kier molecular flexibility index (Phi) is 8.71. The predicted molar refractivity (Wildman–Crippen MR) is 312 cm³/mol. The molecule has 0 N–H and O–H groups in total. The van der Waals surface area contributed by atoms with Crippen molar-refractivity contribution in [3.8, 4) is 50.4 Å². The summed E-state index contributed by atoms with van der Waals surface area (Å²) in [7, 11) is 0. The Morgan fingerprint density at radius 3 is 1.19 bits per heavy atom. The molecule has 0 amide bonds. The van der Waals surface area contributed by atoms with Gasteiger partial charge in [-0.15, -0.1) is 0 Å². The van der Waals surface area contributed by atoms with E-state index >= 15 is 0 Å². The third kappa shape index (κ3) is 5.91. The van der Waals surface area contributed by atoms with Gasteiger partial charge in [0.25, 0.3) is 0 Å². The summed E-state index contributed by atoms with van der Waals surface area (Å²) < 4.78 is 7.28. The summed E-state index contributed by atoms with van der Waals surface area (Å²) in [6, 6.07) is 98.4. The van der Waals surface area contributed by atoms with E-state index in [2.05, 4.69) is 286 Å². The normalized spacial score (nSPS) is 12.3. The van der Waals surface area contributed by atoms with Crippen LogP contribution in [0.5, 0.6) is 0 Å². The quantitative estimate of drug-likeness (QED) is 0.162. The first-order valence-electron chi connectivity index (χ1n) is 25.5. The van der Waals surface area contributed by atoms with E-state index in [1.54, 1.807) is 0 Å². The van der Waals surface area contributed by atoms with E-state index in [0.717, 1.165) is 45.2 Å². The lowest BCUT2D eigenvalue weighted by molar-refractivity contribution is 1.14. The van der Waals surface area contributed by atoms with E-state index in [-0.39, 0.29) is 0 Å². The molecule has 344 valence electrons. The van der Waals surface area contributed by atoms with Gasteiger partial charge < -0.3 is 18.6 Å². The molecule has 12 aromatic carbocycles. The van der Waals surface area contributed by atoms with Crippen molar-refractivity contribution in [1.82, 2.24) is 13.7 Å². The van der Waals surface area contributed by atoms with Crippen molar-refractivity contribution in [2.24, 2.45) is 0 Å². The summed E-state index contributed by atoms with van der Waals surface area (Å²) in [5.74, 6) is 0. The van der Waals surface area contributed by atoms with Crippen LogP contribution in [0.15, 0.2) is 267 Å². The largest absolute Gasteiger partial charge is 0.309 e. The molecule has 0 saturated carbocycles. The van der Waals surface area contributed by atoms with Crippen LogP contribution in [-0.4, -0.2) is 13.7 Å². The van der Waals surface area contributed by atoms with Gasteiger partial charge in [0.15, 0.2) is 0 Å². The highest BCUT2D eigenvalue weighted by Crippen LogP contribution is 2.54. The molecule has 3 aromatic heterocycles. The average molecular weight is 941 g/mol. The second-order valence-corrected chi connectivity index (χ2v) is 19.7. The van der Waals surface area contributed by atoms with Crippen LogP contribution in [0.4, 0.5) is 17.1 Å². The van der Waals surface area contributed by atoms with Crippen LogP contribution >= 0.6 is 0 Å². The van der Waals surface area contributed by atoms with E-state index < -0.39 is 0 Å². The highest BCUT2D eigenvalue weighted by molar-refractivity contribution is 6.21. The zero-order chi connectivity index (χ0) is 48.4. The molecule has 4 heteroatoms. The Balaban J connectivity index is 0.944. The molecule has 0 radical (unpaired) electrons. The van der Waals surface area contributed by atoms with Gasteiger partial charge in [-0.3, -0.25) is 0 Å². The average Bonchev–Trinajstić information content (AvgIpc) is 4.11. The zero-order valence-electron chi connectivity index (χ0n) is 40.2. The summed E-state index contributed by atoms with van der Waals surface area (Å²) >= 11 is 0. The van der Waals surface area contributed by atoms with E-state index in [9.17, 15) is 0 Å². The van der Waals surface area contributed by atoms with Gasteiger partial charge in [0.1, 0.15) is 0 Å². The van der Waals surface area contributed by atoms with Gasteiger partial charge in [0, 0.05) is 66.0 Å². The maximum absolute atomic E-state index is 2.51. The minimum atomic E-state index is 1.10. The van der Waals surface area contributed by atoms with Crippen LogP contribution in [-0.2, 0) is 0 Å². The molecule has 0 aliphatic carbocycles. The number of nitrogens with zero attached hydrogens (tertiary/aromatic N) is 4. The SMILES string of the molecule is c1ccc(-c2ccc3c(c2)c2cc4c(cc2n3-c2ccc(-n3c5ccccc5c5ccccc53)cc2)N(c2ccc(-n3c5ccccc5c5ccccc53)cc2)c2cccc3c(-c5ccccc5)ccc-4c23)cc1. The number of hydrogen-bond donors (Lipinski definition) is 0. The third-order valence-electron chi connectivity index (χ3n) is 15.8. The van der Waals surface area contributed by atoms with Crippen molar-refractivity contribution in [1.29, 1.82) is 0 Å². The van der Waals surface area contributed by atoms with Crippen molar-refractivity contribution in [3.63, 3.8) is 0 Å². The Hall–Kier alpha value is -9.90. The second kappa shape index (κ2) is 15.8. The third-order valence-corrected chi connectivity index (χ3v) is 15.8. The molecule has 15 aromatic rings. The number of benzene rings is 12. The molecule has 0 spiro atoms. The smallest absolute Gasteiger partial charge is 0.0562 e. The number of fused-ring (bicyclic) bond motifs is 11. The van der Waals surface area contributed by atoms with Crippen LogP contribution < -0.4 is 4.90 Å². The second-order valence-electron chi connectivity index (χ2n) is 19.7. The van der Waals surface area contributed by atoms with Gasteiger partial charge in [-0.25, -0.2) is 0 Å². The molecule has 4 nitrogen and oxygen atoms in total. The highest BCUT2D eigenvalue weighted by Gasteiger charge is 2.30. The van der Waals surface area contributed by atoms with Gasteiger partial charge in [0.05, 0.1) is 44.5 Å². The fourth-order valence-corrected chi connectivity index (χ4v) is 12.5. The van der Waals surface area contributed by atoms with Gasteiger partial charge >= 0.3 is 0 Å². The summed E-state index contributed by atoms with van der Waals surface area (Å²) in [6.07, 6.45) is 0. The molecule has 0 fully saturated rings. The molecule has 0 saturated heterocycles. The van der Waals surface area contributed by atoms with Gasteiger partial charge in [-0.05, 0) is 136 Å². The Bertz CT molecular complexity index is 4640. The first-order chi connectivity index (χ1) is 36.7. The molecule has 0 atom stereocenters. The Labute approximate surface area is 427 Å². The number of rotatable bonds is 6. The van der Waals surface area contributed by atoms with Gasteiger partial charge in [0.2, 0.25) is 0 Å². The lowest BCUT2D eigenvalue weighted by Gasteiger charge is -2.34. The minimum absolute atomic E-state index is 1.10. The van der Waals surface area contributed by atoms with Crippen LogP contribution in [0.25, 0.3) is 127 Å². The monoisotopic (exact) mass is 940 g/mol. The van der Waals surface area contributed by atoms with Crippen molar-refractivity contribution in [2.45, 2.75) is 0 Å². The van der Waals surface area contributed by atoms with Crippen LogP contribution in [0.2, 0.25) is 0 Å². The highest BCUT2D eigenvalue weighted by atomic mass is 15.2. The van der Waals surface area contributed by atoms with Crippen LogP contribution in [0.3, 0.4) is 0 Å². The molecule has 1 aliphatic heterocycles. The molecule has 74 heavy (non-hydrogen) atoms. The fourth-order valence-electron chi connectivity index (χ4n) is 12.5. The lowest BCUT2D eigenvalue weighted by atomic mass is 9.86. The van der Waals surface area contributed by atoms with E-state index in [0.29, 0.717) is 0 Å². The standard InChI is InChI=1S/C70H44N4/c1-3-16-45(17-4-1)47-30-41-66-59(42-47)61-43-60-58-40-39-52(46-18-5-2-6-19-46)57-24-15-29-67(70(57)58)74(51-37-33-49(34-38-51)72-64-27-13-9-22-55(64)56-23-10-14-28-65(56)72)68(60)44-69(61)73(66)50-35-31-48(32-36-50)71-62-25-11-7-20-53(62)54-21-8-12-26-63(54)71/h1-44H. The fraction of sp³-hybridized carbons (Fsp3) is 0. The number of anilines is 3. The first-order valence-corrected chi connectivity index (χ1v) is 25.5. The van der Waals surface area contributed by atoms with E-state index in [1.165, 1.54) is 98.5 Å². The first kappa shape index (κ1) is 40.8. The molecule has 16 rings (SSSR count). The predicted octanol–water partition coefficient (Wildman–Crippen LogP) is 18.9. The Morgan fingerprint density at radius 2 is 0.635 bits per heavy atom. The van der Waals surface area contributed by atoms with E-state index in [1.807, 2.05) is 0 Å². The van der Waals surface area contributed by atoms with E-state index in [4.69, 9.17) is 0 Å². The number of hydrogen-bond acceptors (Lipinski definition) is 1. The van der Waals surface area contributed by atoms with Crippen molar-refractivity contribution >= 4 is 93.3 Å². The minimum Gasteiger partial charge on any atom is -0.309 e.